The molecule has 0 fully saturated rings. The minimum atomic E-state index is 0.584. The molecule has 0 aliphatic carbocycles. The molecule has 1 N–H and O–H groups in total. The molecule has 0 amide bonds. The van der Waals surface area contributed by atoms with Gasteiger partial charge in [0.2, 0.25) is 0 Å². The van der Waals surface area contributed by atoms with Crippen LogP contribution >= 0.6 is 0 Å². The summed E-state index contributed by atoms with van der Waals surface area (Å²) in [5.41, 5.74) is 0.993. The molecule has 1 rings (SSSR count). The van der Waals surface area contributed by atoms with Crippen molar-refractivity contribution in [2.45, 2.75) is 13.3 Å². The smallest absolute Gasteiger partial charge is 0.257 e. The normalized spacial score (nSPS) is 10.2. The van der Waals surface area contributed by atoms with Gasteiger partial charge in [-0.1, -0.05) is 0 Å². The summed E-state index contributed by atoms with van der Waals surface area (Å²) >= 11 is 0. The average molecular weight is 170 g/mol. The lowest BCUT2D eigenvalue weighted by molar-refractivity contribution is 0.326. The van der Waals surface area contributed by atoms with Gasteiger partial charge in [-0.15, -0.1) is 0 Å². The maximum atomic E-state index is 5.07. The van der Waals surface area contributed by atoms with Crippen molar-refractivity contribution < 1.29 is 9.26 Å². The van der Waals surface area contributed by atoms with Crippen molar-refractivity contribution in [3.63, 3.8) is 0 Å². The predicted octanol–water partition coefficient (Wildman–Crippen LogP) is 0.754. The lowest BCUT2D eigenvalue weighted by atomic mass is 10.2. The standard InChI is InChI=1S/C8H14N2O2/c1-6-7(4-5-9-2)12-10-8(6)11-3/h9H,4-5H2,1-3H3. The SMILES string of the molecule is CNCCc1onc(OC)c1C. The average Bonchev–Trinajstić information content (AvgIpc) is 2.43. The Morgan fingerprint density at radius 1 is 1.58 bits per heavy atom. The zero-order valence-electron chi connectivity index (χ0n) is 7.68. The molecule has 1 heterocycles. The molecule has 0 aliphatic heterocycles. The summed E-state index contributed by atoms with van der Waals surface area (Å²) in [6.07, 6.45) is 0.846. The van der Waals surface area contributed by atoms with Crippen molar-refractivity contribution in [2.24, 2.45) is 0 Å². The van der Waals surface area contributed by atoms with E-state index in [0.29, 0.717) is 5.88 Å². The van der Waals surface area contributed by atoms with Gasteiger partial charge in [-0.25, -0.2) is 0 Å². The van der Waals surface area contributed by atoms with E-state index in [1.54, 1.807) is 7.11 Å². The third kappa shape index (κ3) is 1.76. The number of ether oxygens (including phenoxy) is 1. The molecule has 4 nitrogen and oxygen atoms in total. The van der Waals surface area contributed by atoms with Gasteiger partial charge in [0.15, 0.2) is 0 Å². The van der Waals surface area contributed by atoms with Gasteiger partial charge in [0.25, 0.3) is 5.88 Å². The van der Waals surface area contributed by atoms with Crippen LogP contribution in [-0.4, -0.2) is 25.9 Å². The Kier molecular flexibility index (Phi) is 3.10. The van der Waals surface area contributed by atoms with E-state index >= 15 is 0 Å². The highest BCUT2D eigenvalue weighted by Gasteiger charge is 2.10. The Labute approximate surface area is 71.9 Å². The molecule has 0 radical (unpaired) electrons. The molecule has 0 saturated heterocycles. The van der Waals surface area contributed by atoms with Crippen LogP contribution in [0, 0.1) is 6.92 Å². The van der Waals surface area contributed by atoms with Crippen LogP contribution in [-0.2, 0) is 6.42 Å². The van der Waals surface area contributed by atoms with Crippen LogP contribution in [0.3, 0.4) is 0 Å². The summed E-state index contributed by atoms with van der Waals surface area (Å²) in [5, 5.41) is 6.80. The van der Waals surface area contributed by atoms with E-state index in [4.69, 9.17) is 9.26 Å². The summed E-state index contributed by atoms with van der Waals surface area (Å²) < 4.78 is 10.1. The maximum absolute atomic E-state index is 5.07. The van der Waals surface area contributed by atoms with Gasteiger partial charge in [0, 0.05) is 13.0 Å². The number of aromatic nitrogens is 1. The Bertz CT molecular complexity index is 245. The van der Waals surface area contributed by atoms with E-state index in [1.807, 2.05) is 14.0 Å². The fourth-order valence-electron chi connectivity index (χ4n) is 1.01. The zero-order chi connectivity index (χ0) is 8.97. The minimum absolute atomic E-state index is 0.584. The fourth-order valence-corrected chi connectivity index (χ4v) is 1.01. The van der Waals surface area contributed by atoms with Crippen molar-refractivity contribution in [3.8, 4) is 5.88 Å². The first-order chi connectivity index (χ1) is 5.79. The first-order valence-corrected chi connectivity index (χ1v) is 3.93. The van der Waals surface area contributed by atoms with Crippen molar-refractivity contribution in [1.29, 1.82) is 0 Å². The summed E-state index contributed by atoms with van der Waals surface area (Å²) in [6.45, 7) is 2.83. The molecule has 0 atom stereocenters. The van der Waals surface area contributed by atoms with E-state index < -0.39 is 0 Å². The largest absolute Gasteiger partial charge is 0.479 e. The molecule has 12 heavy (non-hydrogen) atoms. The van der Waals surface area contributed by atoms with Gasteiger partial charge in [-0.2, -0.15) is 0 Å². The van der Waals surface area contributed by atoms with Crippen molar-refractivity contribution in [3.05, 3.63) is 11.3 Å². The Hall–Kier alpha value is -1.03. The zero-order valence-corrected chi connectivity index (χ0v) is 7.68. The van der Waals surface area contributed by atoms with Crippen LogP contribution in [0.1, 0.15) is 11.3 Å². The van der Waals surface area contributed by atoms with Crippen LogP contribution in [0.25, 0.3) is 0 Å². The van der Waals surface area contributed by atoms with Crippen LogP contribution in [0.4, 0.5) is 0 Å². The molecular weight excluding hydrogens is 156 g/mol. The third-order valence-electron chi connectivity index (χ3n) is 1.77. The van der Waals surface area contributed by atoms with E-state index in [1.165, 1.54) is 0 Å². The van der Waals surface area contributed by atoms with Gasteiger partial charge in [0.1, 0.15) is 5.76 Å². The highest BCUT2D eigenvalue weighted by Crippen LogP contribution is 2.19. The van der Waals surface area contributed by atoms with Crippen LogP contribution < -0.4 is 10.1 Å². The lowest BCUT2D eigenvalue weighted by Crippen LogP contribution is -2.10. The second-order valence-corrected chi connectivity index (χ2v) is 2.59. The lowest BCUT2D eigenvalue weighted by Gasteiger charge is -1.95. The quantitative estimate of drug-likeness (QED) is 0.724. The number of hydrogen-bond acceptors (Lipinski definition) is 4. The minimum Gasteiger partial charge on any atom is -0.479 e. The molecule has 0 spiro atoms. The van der Waals surface area contributed by atoms with E-state index in [9.17, 15) is 0 Å². The molecule has 0 saturated carbocycles. The van der Waals surface area contributed by atoms with Gasteiger partial charge in [0.05, 0.1) is 12.7 Å². The summed E-state index contributed by atoms with van der Waals surface area (Å²) in [5.74, 6) is 1.47. The number of nitrogens with one attached hydrogen (secondary N) is 1. The maximum Gasteiger partial charge on any atom is 0.257 e. The van der Waals surface area contributed by atoms with Crippen LogP contribution in [0.15, 0.2) is 4.52 Å². The third-order valence-corrected chi connectivity index (χ3v) is 1.77. The van der Waals surface area contributed by atoms with E-state index in [-0.39, 0.29) is 0 Å². The number of methoxy groups -OCH3 is 1. The monoisotopic (exact) mass is 170 g/mol. The summed E-state index contributed by atoms with van der Waals surface area (Å²) in [4.78, 5) is 0. The van der Waals surface area contributed by atoms with Gasteiger partial charge < -0.3 is 14.6 Å². The summed E-state index contributed by atoms with van der Waals surface area (Å²) in [6, 6.07) is 0. The van der Waals surface area contributed by atoms with Gasteiger partial charge >= 0.3 is 0 Å². The van der Waals surface area contributed by atoms with Crippen molar-refractivity contribution in [1.82, 2.24) is 10.5 Å². The molecule has 0 unspecified atom stereocenters. The molecule has 68 valence electrons. The second-order valence-electron chi connectivity index (χ2n) is 2.59. The molecule has 0 aliphatic rings. The van der Waals surface area contributed by atoms with Gasteiger partial charge in [-0.05, 0) is 19.1 Å². The second kappa shape index (κ2) is 4.11. The fraction of sp³-hybridized carbons (Fsp3) is 0.625. The number of likely N-dealkylation sites (N-methyl/N-ethyl adjacent to an activating group) is 1. The van der Waals surface area contributed by atoms with E-state index in [0.717, 1.165) is 24.3 Å². The van der Waals surface area contributed by atoms with Crippen molar-refractivity contribution in [2.75, 3.05) is 20.7 Å². The predicted molar refractivity (Wildman–Crippen MR) is 45.4 cm³/mol. The Morgan fingerprint density at radius 3 is 2.83 bits per heavy atom. The first kappa shape index (κ1) is 9.06. The highest BCUT2D eigenvalue weighted by molar-refractivity contribution is 5.26. The molecule has 0 bridgehead atoms. The molecule has 0 aromatic carbocycles. The van der Waals surface area contributed by atoms with E-state index in [2.05, 4.69) is 10.5 Å². The number of rotatable bonds is 4. The molecule has 4 heteroatoms. The summed E-state index contributed by atoms with van der Waals surface area (Å²) in [7, 11) is 3.50. The topological polar surface area (TPSA) is 47.3 Å². The molecule has 1 aromatic rings. The van der Waals surface area contributed by atoms with Crippen molar-refractivity contribution >= 4 is 0 Å². The number of hydrogen-bond donors (Lipinski definition) is 1. The molecular formula is C8H14N2O2. The Balaban J connectivity index is 2.66. The number of nitrogens with zero attached hydrogens (tertiary/aromatic N) is 1. The molecule has 1 aromatic heterocycles. The Morgan fingerprint density at radius 2 is 2.33 bits per heavy atom. The van der Waals surface area contributed by atoms with Gasteiger partial charge in [-0.3, -0.25) is 0 Å². The van der Waals surface area contributed by atoms with Crippen LogP contribution in [0.5, 0.6) is 5.88 Å². The highest BCUT2D eigenvalue weighted by atomic mass is 16.5. The first-order valence-electron chi connectivity index (χ1n) is 3.93. The van der Waals surface area contributed by atoms with Crippen LogP contribution in [0.2, 0.25) is 0 Å².